The van der Waals surface area contributed by atoms with Gasteiger partial charge in [0.15, 0.2) is 0 Å². The molecule has 1 rings (SSSR count). The van der Waals surface area contributed by atoms with Gasteiger partial charge in [-0.15, -0.1) is 0 Å². The van der Waals surface area contributed by atoms with Gasteiger partial charge in [0.05, 0.1) is 11.9 Å². The summed E-state index contributed by atoms with van der Waals surface area (Å²) >= 11 is 0. The zero-order chi connectivity index (χ0) is 18.2. The molecule has 0 atom stereocenters. The molecular weight excluding hydrogens is 328 g/mol. The molecule has 0 aliphatic carbocycles. The van der Waals surface area contributed by atoms with E-state index in [9.17, 15) is 13.2 Å². The Balaban J connectivity index is 2.59. The molecule has 0 radical (unpaired) electrons. The Bertz CT molecular complexity index is 644. The van der Waals surface area contributed by atoms with Crippen LogP contribution in [0.15, 0.2) is 18.2 Å². The lowest BCUT2D eigenvalue weighted by atomic mass is 10.1. The van der Waals surface area contributed by atoms with E-state index in [0.717, 1.165) is 17.5 Å². The SMILES string of the molecule is COCCCNC(=O)CCCN(c1ccc(C)c(C)c1)S(C)(=O)=O. The molecule has 0 saturated carbocycles. The van der Waals surface area contributed by atoms with Gasteiger partial charge in [-0.3, -0.25) is 9.10 Å². The third-order valence-corrected chi connectivity index (χ3v) is 4.99. The molecule has 0 fully saturated rings. The van der Waals surface area contributed by atoms with Crippen molar-refractivity contribution in [3.05, 3.63) is 29.3 Å². The number of rotatable bonds is 10. The van der Waals surface area contributed by atoms with Crippen LogP contribution in [0.25, 0.3) is 0 Å². The van der Waals surface area contributed by atoms with Crippen LogP contribution in [0.3, 0.4) is 0 Å². The van der Waals surface area contributed by atoms with E-state index in [1.807, 2.05) is 26.0 Å². The average molecular weight is 356 g/mol. The Labute approximate surface area is 145 Å². The number of nitrogens with zero attached hydrogens (tertiary/aromatic N) is 1. The normalized spacial score (nSPS) is 11.3. The van der Waals surface area contributed by atoms with Gasteiger partial charge in [0.1, 0.15) is 0 Å². The number of carbonyl (C=O) groups excluding carboxylic acids is 1. The van der Waals surface area contributed by atoms with Crippen molar-refractivity contribution < 1.29 is 17.9 Å². The Morgan fingerprint density at radius 2 is 1.92 bits per heavy atom. The van der Waals surface area contributed by atoms with Crippen LogP contribution in [0.5, 0.6) is 0 Å². The lowest BCUT2D eigenvalue weighted by Crippen LogP contribution is -2.32. The predicted octanol–water partition coefficient (Wildman–Crippen LogP) is 2.00. The zero-order valence-electron chi connectivity index (χ0n) is 15.0. The molecule has 0 heterocycles. The fraction of sp³-hybridized carbons (Fsp3) is 0.588. The van der Waals surface area contributed by atoms with E-state index in [1.54, 1.807) is 13.2 Å². The van der Waals surface area contributed by atoms with E-state index in [-0.39, 0.29) is 12.5 Å². The molecule has 0 aliphatic heterocycles. The summed E-state index contributed by atoms with van der Waals surface area (Å²) < 4.78 is 30.4. The first-order valence-electron chi connectivity index (χ1n) is 8.06. The molecule has 0 aromatic heterocycles. The fourth-order valence-corrected chi connectivity index (χ4v) is 3.24. The second kappa shape index (κ2) is 9.64. The van der Waals surface area contributed by atoms with Crippen LogP contribution in [0.4, 0.5) is 5.69 Å². The topological polar surface area (TPSA) is 75.7 Å². The average Bonchev–Trinajstić information content (AvgIpc) is 2.50. The first kappa shape index (κ1) is 20.4. The molecule has 0 spiro atoms. The number of hydrogen-bond donors (Lipinski definition) is 1. The van der Waals surface area contributed by atoms with Crippen LogP contribution in [0.1, 0.15) is 30.4 Å². The molecular formula is C17H28N2O4S. The van der Waals surface area contributed by atoms with Crippen LogP contribution >= 0.6 is 0 Å². The first-order chi connectivity index (χ1) is 11.3. The lowest BCUT2D eigenvalue weighted by molar-refractivity contribution is -0.121. The summed E-state index contributed by atoms with van der Waals surface area (Å²) in [5, 5.41) is 2.80. The monoisotopic (exact) mass is 356 g/mol. The highest BCUT2D eigenvalue weighted by Crippen LogP contribution is 2.21. The number of aryl methyl sites for hydroxylation is 2. The molecule has 24 heavy (non-hydrogen) atoms. The molecule has 136 valence electrons. The maximum absolute atomic E-state index is 12.1. The van der Waals surface area contributed by atoms with Crippen molar-refractivity contribution in [3.8, 4) is 0 Å². The summed E-state index contributed by atoms with van der Waals surface area (Å²) in [5.74, 6) is -0.0698. The highest BCUT2D eigenvalue weighted by molar-refractivity contribution is 7.92. The summed E-state index contributed by atoms with van der Waals surface area (Å²) in [4.78, 5) is 11.8. The number of carbonyl (C=O) groups is 1. The molecule has 0 bridgehead atoms. The van der Waals surface area contributed by atoms with Gasteiger partial charge in [0.25, 0.3) is 0 Å². The smallest absolute Gasteiger partial charge is 0.232 e. The minimum Gasteiger partial charge on any atom is -0.385 e. The summed E-state index contributed by atoms with van der Waals surface area (Å²) in [5.41, 5.74) is 2.79. The van der Waals surface area contributed by atoms with Gasteiger partial charge in [0, 0.05) is 33.2 Å². The highest BCUT2D eigenvalue weighted by atomic mass is 32.2. The quantitative estimate of drug-likeness (QED) is 0.651. The predicted molar refractivity (Wildman–Crippen MR) is 96.8 cm³/mol. The van der Waals surface area contributed by atoms with Gasteiger partial charge in [0.2, 0.25) is 15.9 Å². The Morgan fingerprint density at radius 1 is 1.21 bits per heavy atom. The minimum atomic E-state index is -3.38. The standard InChI is InChI=1S/C17H28N2O4S/c1-14-8-9-16(13-15(14)2)19(24(4,21)22)11-5-7-17(20)18-10-6-12-23-3/h8-9,13H,5-7,10-12H2,1-4H3,(H,18,20). The van der Waals surface area contributed by atoms with E-state index in [4.69, 9.17) is 4.74 Å². The molecule has 6 nitrogen and oxygen atoms in total. The molecule has 0 saturated heterocycles. The Hall–Kier alpha value is -1.60. The number of anilines is 1. The van der Waals surface area contributed by atoms with Crippen molar-refractivity contribution in [2.24, 2.45) is 0 Å². The second-order valence-corrected chi connectivity index (χ2v) is 7.81. The molecule has 1 aromatic carbocycles. The number of hydrogen-bond acceptors (Lipinski definition) is 4. The van der Waals surface area contributed by atoms with Crippen LogP contribution in [-0.2, 0) is 19.6 Å². The van der Waals surface area contributed by atoms with Crippen LogP contribution in [-0.4, -0.2) is 47.4 Å². The van der Waals surface area contributed by atoms with E-state index >= 15 is 0 Å². The maximum atomic E-state index is 12.1. The Morgan fingerprint density at radius 3 is 2.50 bits per heavy atom. The summed E-state index contributed by atoms with van der Waals surface area (Å²) in [6.07, 6.45) is 2.72. The maximum Gasteiger partial charge on any atom is 0.232 e. The largest absolute Gasteiger partial charge is 0.385 e. The van der Waals surface area contributed by atoms with Gasteiger partial charge in [-0.25, -0.2) is 8.42 Å². The first-order valence-corrected chi connectivity index (χ1v) is 9.91. The van der Waals surface area contributed by atoms with Gasteiger partial charge in [-0.05, 0) is 49.9 Å². The van der Waals surface area contributed by atoms with Crippen molar-refractivity contribution in [3.63, 3.8) is 0 Å². The van der Waals surface area contributed by atoms with Gasteiger partial charge < -0.3 is 10.1 Å². The van der Waals surface area contributed by atoms with Crippen LogP contribution < -0.4 is 9.62 Å². The summed E-state index contributed by atoms with van der Waals surface area (Å²) in [6.45, 7) is 5.39. The van der Waals surface area contributed by atoms with E-state index < -0.39 is 10.0 Å². The second-order valence-electron chi connectivity index (χ2n) is 5.90. The molecule has 1 amide bonds. The molecule has 7 heteroatoms. The third kappa shape index (κ3) is 6.88. The van der Waals surface area contributed by atoms with E-state index in [2.05, 4.69) is 5.32 Å². The molecule has 1 aromatic rings. The van der Waals surface area contributed by atoms with Crippen molar-refractivity contribution in [2.45, 2.75) is 33.1 Å². The zero-order valence-corrected chi connectivity index (χ0v) is 15.8. The molecule has 0 unspecified atom stereocenters. The van der Waals surface area contributed by atoms with Gasteiger partial charge >= 0.3 is 0 Å². The van der Waals surface area contributed by atoms with Crippen molar-refractivity contribution >= 4 is 21.6 Å². The van der Waals surface area contributed by atoms with Crippen molar-refractivity contribution in [1.29, 1.82) is 0 Å². The highest BCUT2D eigenvalue weighted by Gasteiger charge is 2.18. The minimum absolute atomic E-state index is 0.0698. The van der Waals surface area contributed by atoms with E-state index in [0.29, 0.717) is 31.7 Å². The number of ether oxygens (including phenoxy) is 1. The van der Waals surface area contributed by atoms with Crippen molar-refractivity contribution in [1.82, 2.24) is 5.32 Å². The van der Waals surface area contributed by atoms with E-state index in [1.165, 1.54) is 10.6 Å². The number of methoxy groups -OCH3 is 1. The third-order valence-electron chi connectivity index (χ3n) is 3.79. The number of amides is 1. The number of benzene rings is 1. The van der Waals surface area contributed by atoms with Gasteiger partial charge in [-0.2, -0.15) is 0 Å². The summed E-state index contributed by atoms with van der Waals surface area (Å²) in [6, 6.07) is 5.57. The van der Waals surface area contributed by atoms with Crippen LogP contribution in [0, 0.1) is 13.8 Å². The lowest BCUT2D eigenvalue weighted by Gasteiger charge is -2.23. The molecule has 0 aliphatic rings. The Kier molecular flexibility index (Phi) is 8.21. The molecule has 1 N–H and O–H groups in total. The van der Waals surface area contributed by atoms with Crippen molar-refractivity contribution in [2.75, 3.05) is 37.4 Å². The number of sulfonamides is 1. The number of nitrogens with one attached hydrogen (secondary N) is 1. The fourth-order valence-electron chi connectivity index (χ4n) is 2.28. The van der Waals surface area contributed by atoms with Crippen LogP contribution in [0.2, 0.25) is 0 Å². The summed E-state index contributed by atoms with van der Waals surface area (Å²) in [7, 11) is -1.77. The van der Waals surface area contributed by atoms with Gasteiger partial charge in [-0.1, -0.05) is 6.07 Å².